The molecule has 2 aromatic rings. The number of nitrogens with zero attached hydrogens (tertiary/aromatic N) is 1. The molecule has 0 spiro atoms. The van der Waals surface area contributed by atoms with Gasteiger partial charge in [-0.1, -0.05) is 29.4 Å². The van der Waals surface area contributed by atoms with Crippen LogP contribution in [0.15, 0.2) is 53.7 Å². The van der Waals surface area contributed by atoms with Crippen molar-refractivity contribution in [3.8, 4) is 5.75 Å². The van der Waals surface area contributed by atoms with Gasteiger partial charge in [0.05, 0.1) is 11.8 Å². The van der Waals surface area contributed by atoms with Gasteiger partial charge in [-0.2, -0.15) is 0 Å². The maximum atomic E-state index is 11.5. The van der Waals surface area contributed by atoms with Crippen LogP contribution in [0.2, 0.25) is 0 Å². The molecule has 6 nitrogen and oxygen atoms in total. The highest BCUT2D eigenvalue weighted by Gasteiger charge is 2.06. The van der Waals surface area contributed by atoms with E-state index in [9.17, 15) is 9.59 Å². The van der Waals surface area contributed by atoms with Crippen molar-refractivity contribution in [2.45, 2.75) is 13.8 Å². The highest BCUT2D eigenvalue weighted by Crippen LogP contribution is 2.18. The molecular weight excluding hydrogens is 320 g/mol. The van der Waals surface area contributed by atoms with Crippen LogP contribution >= 0.6 is 0 Å². The average molecular weight is 340 g/mol. The van der Waals surface area contributed by atoms with Crippen molar-refractivity contribution in [2.75, 3.05) is 18.5 Å². The van der Waals surface area contributed by atoms with Crippen LogP contribution in [0.4, 0.5) is 5.69 Å². The molecule has 6 heteroatoms. The lowest BCUT2D eigenvalue weighted by molar-refractivity contribution is -0.114. The van der Waals surface area contributed by atoms with E-state index in [4.69, 9.17) is 9.57 Å². The van der Waals surface area contributed by atoms with Gasteiger partial charge in [0.15, 0.2) is 12.4 Å². The minimum atomic E-state index is -0.115. The summed E-state index contributed by atoms with van der Waals surface area (Å²) in [6.45, 7) is 3.50. The fourth-order valence-electron chi connectivity index (χ4n) is 2.08. The number of ketones is 1. The molecule has 0 heterocycles. The number of anilines is 1. The predicted octanol–water partition coefficient (Wildman–Crippen LogP) is 3.28. The molecule has 0 aliphatic carbocycles. The Morgan fingerprint density at radius 1 is 1.04 bits per heavy atom. The molecule has 0 fully saturated rings. The monoisotopic (exact) mass is 340 g/mol. The molecule has 0 bridgehead atoms. The summed E-state index contributed by atoms with van der Waals surface area (Å²) in [7, 11) is 0. The molecular formula is C19H20N2O4. The summed E-state index contributed by atoms with van der Waals surface area (Å²) < 4.78 is 5.54. The number of Topliss-reactive ketones (excluding diaryl/α,β-unsaturated/α-hetero) is 1. The number of para-hydroxylation sites is 1. The van der Waals surface area contributed by atoms with E-state index in [2.05, 4.69) is 10.5 Å². The largest absolute Gasteiger partial charge is 0.489 e. The molecule has 2 aromatic carbocycles. The van der Waals surface area contributed by atoms with E-state index in [1.165, 1.54) is 13.8 Å². The van der Waals surface area contributed by atoms with Crippen molar-refractivity contribution < 1.29 is 19.2 Å². The predicted molar refractivity (Wildman–Crippen MR) is 96.2 cm³/mol. The molecule has 0 aliphatic rings. The first-order valence-electron chi connectivity index (χ1n) is 7.82. The third-order valence-electron chi connectivity index (χ3n) is 3.21. The number of amides is 1. The number of hydrogen-bond donors (Lipinski definition) is 1. The maximum Gasteiger partial charge on any atom is 0.221 e. The first kappa shape index (κ1) is 18.2. The van der Waals surface area contributed by atoms with E-state index >= 15 is 0 Å². The Labute approximate surface area is 146 Å². The Bertz CT molecular complexity index is 754. The number of nitrogens with one attached hydrogen (secondary N) is 1. The number of hydrogen-bond acceptors (Lipinski definition) is 5. The van der Waals surface area contributed by atoms with Gasteiger partial charge in [-0.3, -0.25) is 9.59 Å². The second-order valence-corrected chi connectivity index (χ2v) is 5.27. The van der Waals surface area contributed by atoms with Crippen molar-refractivity contribution in [3.63, 3.8) is 0 Å². The Balaban J connectivity index is 1.75. The normalized spacial score (nSPS) is 10.5. The lowest BCUT2D eigenvalue weighted by Crippen LogP contribution is -2.07. The zero-order valence-corrected chi connectivity index (χ0v) is 14.2. The first-order chi connectivity index (χ1) is 12.1. The van der Waals surface area contributed by atoms with E-state index in [0.717, 1.165) is 11.3 Å². The number of oxime groups is 1. The van der Waals surface area contributed by atoms with E-state index in [-0.39, 0.29) is 24.9 Å². The van der Waals surface area contributed by atoms with Crippen molar-refractivity contribution in [3.05, 3.63) is 59.7 Å². The molecule has 0 aromatic heterocycles. The van der Waals surface area contributed by atoms with E-state index in [1.807, 2.05) is 18.2 Å². The molecule has 1 amide bonds. The van der Waals surface area contributed by atoms with Crippen molar-refractivity contribution >= 4 is 23.6 Å². The molecule has 2 rings (SSSR count). The fraction of sp³-hybridized carbons (Fsp3) is 0.211. The smallest absolute Gasteiger partial charge is 0.221 e. The summed E-state index contributed by atoms with van der Waals surface area (Å²) in [5.74, 6) is 0.379. The molecule has 0 unspecified atom stereocenters. The minimum Gasteiger partial charge on any atom is -0.489 e. The Hall–Kier alpha value is -3.15. The fourth-order valence-corrected chi connectivity index (χ4v) is 2.08. The van der Waals surface area contributed by atoms with Gasteiger partial charge in [0.25, 0.3) is 0 Å². The number of carbonyl (C=O) groups excluding carboxylic acids is 2. The SMILES string of the molecule is CC(=O)Nc1ccc(/C=N/OCCOc2ccccc2C(C)=O)cc1. The molecule has 0 radical (unpaired) electrons. The molecule has 0 saturated carbocycles. The van der Waals surface area contributed by atoms with Gasteiger partial charge in [-0.05, 0) is 36.8 Å². The summed E-state index contributed by atoms with van der Waals surface area (Å²) in [5, 5.41) is 6.55. The summed E-state index contributed by atoms with van der Waals surface area (Å²) in [6.07, 6.45) is 1.57. The van der Waals surface area contributed by atoms with E-state index in [0.29, 0.717) is 11.3 Å². The third-order valence-corrected chi connectivity index (χ3v) is 3.21. The maximum absolute atomic E-state index is 11.5. The van der Waals surface area contributed by atoms with Gasteiger partial charge in [0.2, 0.25) is 5.91 Å². The number of benzene rings is 2. The topological polar surface area (TPSA) is 77.0 Å². The molecule has 0 saturated heterocycles. The zero-order chi connectivity index (χ0) is 18.1. The number of rotatable bonds is 8. The molecule has 25 heavy (non-hydrogen) atoms. The molecule has 0 aliphatic heterocycles. The quantitative estimate of drug-likeness (QED) is 0.346. The van der Waals surface area contributed by atoms with Gasteiger partial charge >= 0.3 is 0 Å². The number of carbonyl (C=O) groups is 2. The lowest BCUT2D eigenvalue weighted by atomic mass is 10.1. The lowest BCUT2D eigenvalue weighted by Gasteiger charge is -2.08. The second-order valence-electron chi connectivity index (χ2n) is 5.27. The summed E-state index contributed by atoms with van der Waals surface area (Å²) in [4.78, 5) is 27.6. The van der Waals surface area contributed by atoms with E-state index < -0.39 is 0 Å². The Morgan fingerprint density at radius 3 is 2.44 bits per heavy atom. The van der Waals surface area contributed by atoms with Gasteiger partial charge in [0.1, 0.15) is 12.4 Å². The number of ether oxygens (including phenoxy) is 1. The van der Waals surface area contributed by atoms with Crippen LogP contribution in [-0.2, 0) is 9.63 Å². The third kappa shape index (κ3) is 6.10. The minimum absolute atomic E-state index is 0.0442. The summed E-state index contributed by atoms with van der Waals surface area (Å²) in [6, 6.07) is 14.3. The highest BCUT2D eigenvalue weighted by atomic mass is 16.6. The van der Waals surface area contributed by atoms with Crippen molar-refractivity contribution in [1.29, 1.82) is 0 Å². The summed E-state index contributed by atoms with van der Waals surface area (Å²) >= 11 is 0. The van der Waals surface area contributed by atoms with Crippen LogP contribution in [-0.4, -0.2) is 31.1 Å². The first-order valence-corrected chi connectivity index (χ1v) is 7.82. The highest BCUT2D eigenvalue weighted by molar-refractivity contribution is 5.96. The van der Waals surface area contributed by atoms with Crippen LogP contribution in [0.3, 0.4) is 0 Å². The molecule has 0 atom stereocenters. The van der Waals surface area contributed by atoms with Crippen molar-refractivity contribution in [2.24, 2.45) is 5.16 Å². The average Bonchev–Trinajstić information content (AvgIpc) is 2.59. The molecule has 1 N–H and O–H groups in total. The van der Waals surface area contributed by atoms with Gasteiger partial charge in [-0.15, -0.1) is 0 Å². The van der Waals surface area contributed by atoms with Crippen molar-refractivity contribution in [1.82, 2.24) is 0 Å². The second kappa shape index (κ2) is 9.22. The standard InChI is InChI=1S/C19H20N2O4/c1-14(22)18-5-3-4-6-19(18)24-11-12-25-20-13-16-7-9-17(10-8-16)21-15(2)23/h3-10,13H,11-12H2,1-2H3,(H,21,23)/b20-13+. The van der Waals surface area contributed by atoms with Crippen LogP contribution in [0.25, 0.3) is 0 Å². The molecule has 130 valence electrons. The van der Waals surface area contributed by atoms with E-state index in [1.54, 1.807) is 36.5 Å². The summed E-state index contributed by atoms with van der Waals surface area (Å²) in [5.41, 5.74) is 2.12. The zero-order valence-electron chi connectivity index (χ0n) is 14.2. The Morgan fingerprint density at radius 2 is 1.76 bits per heavy atom. The van der Waals surface area contributed by atoms with Crippen LogP contribution in [0, 0.1) is 0 Å². The van der Waals surface area contributed by atoms with Gasteiger partial charge in [-0.25, -0.2) is 0 Å². The van der Waals surface area contributed by atoms with Crippen LogP contribution < -0.4 is 10.1 Å². The Kier molecular flexibility index (Phi) is 6.71. The van der Waals surface area contributed by atoms with Gasteiger partial charge < -0.3 is 14.9 Å². The van der Waals surface area contributed by atoms with Crippen LogP contribution in [0.1, 0.15) is 29.8 Å². The van der Waals surface area contributed by atoms with Crippen LogP contribution in [0.5, 0.6) is 5.75 Å². The van der Waals surface area contributed by atoms with Gasteiger partial charge in [0, 0.05) is 12.6 Å².